The first-order chi connectivity index (χ1) is 8.00. The second-order valence-corrected chi connectivity index (χ2v) is 3.89. The van der Waals surface area contributed by atoms with Gasteiger partial charge in [-0.3, -0.25) is 10.1 Å². The topological polar surface area (TPSA) is 93.5 Å². The molecule has 0 aliphatic carbocycles. The Hall–Kier alpha value is -2.11. The average Bonchev–Trinajstić information content (AvgIpc) is 2.25. The van der Waals surface area contributed by atoms with Crippen molar-refractivity contribution in [2.24, 2.45) is 10.7 Å². The second kappa shape index (κ2) is 5.83. The molecule has 6 nitrogen and oxygen atoms in total. The summed E-state index contributed by atoms with van der Waals surface area (Å²) in [6.45, 7) is 4.07. The molecule has 0 atom stereocenters. The number of aliphatic imine (C=N–C) groups is 1. The van der Waals surface area contributed by atoms with E-state index >= 15 is 0 Å². The number of nitrogens with one attached hydrogen (secondary N) is 1. The Bertz CT molecular complexity index is 429. The summed E-state index contributed by atoms with van der Waals surface area (Å²) in [6, 6.07) is 6.68. The Morgan fingerprint density at radius 3 is 2.76 bits per heavy atom. The number of nitro benzene ring substituents is 1. The first-order valence-electron chi connectivity index (χ1n) is 5.29. The van der Waals surface area contributed by atoms with Crippen LogP contribution >= 0.6 is 0 Å². The van der Waals surface area contributed by atoms with Gasteiger partial charge in [0.2, 0.25) is 0 Å². The van der Waals surface area contributed by atoms with E-state index in [9.17, 15) is 10.1 Å². The van der Waals surface area contributed by atoms with Crippen LogP contribution in [0.15, 0.2) is 29.3 Å². The third kappa shape index (κ3) is 4.10. The summed E-state index contributed by atoms with van der Waals surface area (Å²) in [5.74, 6) is 0.290. The number of benzene rings is 1. The zero-order chi connectivity index (χ0) is 12.8. The van der Waals surface area contributed by atoms with Gasteiger partial charge in [-0.2, -0.15) is 0 Å². The third-order valence-corrected chi connectivity index (χ3v) is 2.04. The van der Waals surface area contributed by atoms with E-state index < -0.39 is 4.92 Å². The number of hydrogen-bond donors (Lipinski definition) is 2. The number of rotatable bonds is 4. The predicted octanol–water partition coefficient (Wildman–Crippen LogP) is 1.41. The maximum atomic E-state index is 10.8. The zero-order valence-electron chi connectivity index (χ0n) is 9.88. The van der Waals surface area contributed by atoms with Gasteiger partial charge >= 0.3 is 0 Å². The first kappa shape index (κ1) is 13.0. The fourth-order valence-corrected chi connectivity index (χ4v) is 1.33. The molecule has 0 amide bonds. The van der Waals surface area contributed by atoms with Gasteiger partial charge in [0, 0.05) is 12.1 Å². The van der Waals surface area contributed by atoms with E-state index in [2.05, 4.69) is 10.3 Å². The van der Waals surface area contributed by atoms with Crippen LogP contribution in [0.3, 0.4) is 0 Å². The fraction of sp³-hybridized carbons (Fsp3) is 0.364. The maximum absolute atomic E-state index is 10.8. The molecule has 0 aliphatic heterocycles. The third-order valence-electron chi connectivity index (χ3n) is 2.04. The van der Waals surface area contributed by atoms with E-state index in [-0.39, 0.29) is 24.2 Å². The quantitative estimate of drug-likeness (QED) is 0.357. The Labute approximate surface area is 99.7 Å². The van der Waals surface area contributed by atoms with Crippen LogP contribution in [0.1, 0.15) is 19.4 Å². The minimum atomic E-state index is -0.420. The Balaban J connectivity index is 2.78. The van der Waals surface area contributed by atoms with Crippen molar-refractivity contribution in [3.8, 4) is 0 Å². The summed E-state index contributed by atoms with van der Waals surface area (Å²) in [6.07, 6.45) is 0. The molecule has 0 fully saturated rings. The average molecular weight is 236 g/mol. The van der Waals surface area contributed by atoms with Crippen molar-refractivity contribution in [3.63, 3.8) is 0 Å². The second-order valence-electron chi connectivity index (χ2n) is 3.89. The van der Waals surface area contributed by atoms with Gasteiger partial charge in [-0.15, -0.1) is 0 Å². The molecule has 92 valence electrons. The van der Waals surface area contributed by atoms with Crippen LogP contribution in [0, 0.1) is 10.1 Å². The van der Waals surface area contributed by atoms with E-state index in [1.807, 2.05) is 13.8 Å². The lowest BCUT2D eigenvalue weighted by atomic mass is 10.2. The van der Waals surface area contributed by atoms with Crippen molar-refractivity contribution in [2.75, 3.05) is 0 Å². The van der Waals surface area contributed by atoms with Crippen molar-refractivity contribution < 1.29 is 4.92 Å². The largest absolute Gasteiger partial charge is 0.370 e. The first-order valence-corrected chi connectivity index (χ1v) is 5.29. The van der Waals surface area contributed by atoms with Gasteiger partial charge in [-0.25, -0.2) is 4.99 Å². The van der Waals surface area contributed by atoms with Crippen LogP contribution in [-0.2, 0) is 6.54 Å². The molecule has 0 bridgehead atoms. The Kier molecular flexibility index (Phi) is 4.45. The highest BCUT2D eigenvalue weighted by Crippen LogP contribution is 2.18. The predicted molar refractivity (Wildman–Crippen MR) is 66.7 cm³/mol. The smallest absolute Gasteiger partial charge is 0.274 e. The van der Waals surface area contributed by atoms with Gasteiger partial charge in [-0.05, 0) is 13.8 Å². The minimum absolute atomic E-state index is 0.0635. The Morgan fingerprint density at radius 1 is 1.53 bits per heavy atom. The molecular formula is C11H16N4O2. The minimum Gasteiger partial charge on any atom is -0.370 e. The molecule has 0 unspecified atom stereocenters. The SMILES string of the molecule is CC(C)NC(N)=NCc1ccccc1[N+](=O)[O-]. The van der Waals surface area contributed by atoms with Gasteiger partial charge in [0.05, 0.1) is 17.0 Å². The molecule has 0 saturated carbocycles. The van der Waals surface area contributed by atoms with Crippen molar-refractivity contribution in [1.82, 2.24) is 5.32 Å². The lowest BCUT2D eigenvalue weighted by molar-refractivity contribution is -0.385. The molecule has 3 N–H and O–H groups in total. The molecule has 0 radical (unpaired) electrons. The number of nitro groups is 1. The van der Waals surface area contributed by atoms with Crippen LogP contribution in [0.4, 0.5) is 5.69 Å². The van der Waals surface area contributed by atoms with Crippen molar-refractivity contribution in [1.29, 1.82) is 0 Å². The maximum Gasteiger partial charge on any atom is 0.274 e. The van der Waals surface area contributed by atoms with E-state index in [1.165, 1.54) is 6.07 Å². The van der Waals surface area contributed by atoms with E-state index in [0.29, 0.717) is 5.56 Å². The highest BCUT2D eigenvalue weighted by Gasteiger charge is 2.11. The van der Waals surface area contributed by atoms with Gasteiger partial charge in [-0.1, -0.05) is 18.2 Å². The van der Waals surface area contributed by atoms with Crippen LogP contribution in [-0.4, -0.2) is 16.9 Å². The normalized spacial score (nSPS) is 11.6. The van der Waals surface area contributed by atoms with E-state index in [1.54, 1.807) is 18.2 Å². The number of para-hydroxylation sites is 1. The molecule has 1 rings (SSSR count). The summed E-state index contributed by atoms with van der Waals surface area (Å²) in [4.78, 5) is 14.4. The van der Waals surface area contributed by atoms with E-state index in [0.717, 1.165) is 0 Å². The zero-order valence-corrected chi connectivity index (χ0v) is 9.88. The molecule has 0 aromatic heterocycles. The standard InChI is InChI=1S/C11H16N4O2/c1-8(2)14-11(12)13-7-9-5-3-4-6-10(9)15(16)17/h3-6,8H,7H2,1-2H3,(H3,12,13,14). The van der Waals surface area contributed by atoms with Crippen molar-refractivity contribution >= 4 is 11.6 Å². The van der Waals surface area contributed by atoms with Crippen LogP contribution in [0.5, 0.6) is 0 Å². The summed E-state index contributed by atoms with van der Waals surface area (Å²) in [5.41, 5.74) is 6.23. The summed E-state index contributed by atoms with van der Waals surface area (Å²) in [5, 5.41) is 13.7. The molecule has 0 spiro atoms. The lowest BCUT2D eigenvalue weighted by Gasteiger charge is -2.08. The summed E-state index contributed by atoms with van der Waals surface area (Å²) in [7, 11) is 0. The molecule has 0 heterocycles. The summed E-state index contributed by atoms with van der Waals surface area (Å²) >= 11 is 0. The van der Waals surface area contributed by atoms with Crippen LogP contribution < -0.4 is 11.1 Å². The molecule has 1 aromatic rings. The highest BCUT2D eigenvalue weighted by atomic mass is 16.6. The van der Waals surface area contributed by atoms with Gasteiger partial charge in [0.25, 0.3) is 5.69 Å². The molecular weight excluding hydrogens is 220 g/mol. The van der Waals surface area contributed by atoms with E-state index in [4.69, 9.17) is 5.73 Å². The number of hydrogen-bond acceptors (Lipinski definition) is 3. The van der Waals surface area contributed by atoms with Gasteiger partial charge in [0.1, 0.15) is 0 Å². The Morgan fingerprint density at radius 2 is 2.18 bits per heavy atom. The lowest BCUT2D eigenvalue weighted by Crippen LogP contribution is -2.36. The molecule has 6 heteroatoms. The molecule has 1 aromatic carbocycles. The van der Waals surface area contributed by atoms with Gasteiger partial charge in [0.15, 0.2) is 5.96 Å². The number of nitrogens with two attached hydrogens (primary N) is 1. The molecule has 0 aliphatic rings. The monoisotopic (exact) mass is 236 g/mol. The highest BCUT2D eigenvalue weighted by molar-refractivity contribution is 5.78. The van der Waals surface area contributed by atoms with Crippen molar-refractivity contribution in [2.45, 2.75) is 26.4 Å². The van der Waals surface area contributed by atoms with Crippen molar-refractivity contribution in [3.05, 3.63) is 39.9 Å². The van der Waals surface area contributed by atoms with Crippen LogP contribution in [0.2, 0.25) is 0 Å². The molecule has 17 heavy (non-hydrogen) atoms. The number of guanidine groups is 1. The van der Waals surface area contributed by atoms with Crippen LogP contribution in [0.25, 0.3) is 0 Å². The number of nitrogens with zero attached hydrogens (tertiary/aromatic N) is 2. The van der Waals surface area contributed by atoms with Gasteiger partial charge < -0.3 is 11.1 Å². The fourth-order valence-electron chi connectivity index (χ4n) is 1.33. The summed E-state index contributed by atoms with van der Waals surface area (Å²) < 4.78 is 0. The molecule has 0 saturated heterocycles.